The van der Waals surface area contributed by atoms with Crippen molar-refractivity contribution in [3.05, 3.63) is 30.1 Å². The molecule has 0 bridgehead atoms. The van der Waals surface area contributed by atoms with Gasteiger partial charge in [-0.05, 0) is 42.9 Å². The van der Waals surface area contributed by atoms with E-state index in [2.05, 4.69) is 10.3 Å². The number of urea groups is 1. The third kappa shape index (κ3) is 9.37. The standard InChI is InChI=1S/C17H26F3N3O/c1-14(2)7-12-23(13-8-17(18,19)20)16(24)22-9-3-4-15-5-10-21-11-6-15/h5-6,10-11,14H,3-4,7-9,12-13H2,1-2H3,(H,22,24). The van der Waals surface area contributed by atoms with E-state index in [0.717, 1.165) is 18.4 Å². The van der Waals surface area contributed by atoms with Crippen LogP contribution in [0.3, 0.4) is 0 Å². The minimum absolute atomic E-state index is 0.299. The van der Waals surface area contributed by atoms with Crippen molar-refractivity contribution in [3.8, 4) is 0 Å². The van der Waals surface area contributed by atoms with Gasteiger partial charge in [0.2, 0.25) is 0 Å². The molecule has 0 aliphatic rings. The Labute approximate surface area is 141 Å². The fourth-order valence-corrected chi connectivity index (χ4v) is 2.14. The summed E-state index contributed by atoms with van der Waals surface area (Å²) in [5.74, 6) is 0.331. The van der Waals surface area contributed by atoms with Crippen molar-refractivity contribution in [1.29, 1.82) is 0 Å². The average Bonchev–Trinajstić information content (AvgIpc) is 2.51. The van der Waals surface area contributed by atoms with Crippen molar-refractivity contribution < 1.29 is 18.0 Å². The van der Waals surface area contributed by atoms with Crippen molar-refractivity contribution >= 4 is 6.03 Å². The van der Waals surface area contributed by atoms with E-state index in [1.165, 1.54) is 4.90 Å². The molecule has 1 aromatic rings. The Hall–Kier alpha value is -1.79. The smallest absolute Gasteiger partial charge is 0.338 e. The molecule has 4 nitrogen and oxygen atoms in total. The molecule has 0 saturated heterocycles. The highest BCUT2D eigenvalue weighted by atomic mass is 19.4. The first-order chi connectivity index (χ1) is 11.3. The van der Waals surface area contributed by atoms with Crippen LogP contribution in [0, 0.1) is 5.92 Å². The Balaban J connectivity index is 2.38. The van der Waals surface area contributed by atoms with Gasteiger partial charge in [-0.1, -0.05) is 13.8 Å². The zero-order valence-electron chi connectivity index (χ0n) is 14.3. The number of alkyl halides is 3. The monoisotopic (exact) mass is 345 g/mol. The van der Waals surface area contributed by atoms with Crippen molar-refractivity contribution in [3.63, 3.8) is 0 Å². The molecule has 2 amide bonds. The molecular weight excluding hydrogens is 319 g/mol. The fraction of sp³-hybridized carbons (Fsp3) is 0.647. The Morgan fingerprint density at radius 3 is 2.50 bits per heavy atom. The van der Waals surface area contributed by atoms with Gasteiger partial charge in [0.05, 0.1) is 6.42 Å². The number of aryl methyl sites for hydroxylation is 1. The minimum atomic E-state index is -4.25. The maximum absolute atomic E-state index is 12.4. The van der Waals surface area contributed by atoms with Crippen LogP contribution >= 0.6 is 0 Å². The van der Waals surface area contributed by atoms with Crippen LogP contribution in [0.15, 0.2) is 24.5 Å². The normalized spacial score (nSPS) is 11.6. The zero-order chi connectivity index (χ0) is 18.0. The molecule has 0 aromatic carbocycles. The van der Waals surface area contributed by atoms with Crippen molar-refractivity contribution in [1.82, 2.24) is 15.2 Å². The predicted molar refractivity (Wildman–Crippen MR) is 87.7 cm³/mol. The summed E-state index contributed by atoms with van der Waals surface area (Å²) in [6.07, 6.45) is 0.386. The highest BCUT2D eigenvalue weighted by molar-refractivity contribution is 5.74. The lowest BCUT2D eigenvalue weighted by Crippen LogP contribution is -2.42. The Morgan fingerprint density at radius 2 is 1.92 bits per heavy atom. The van der Waals surface area contributed by atoms with E-state index in [0.29, 0.717) is 25.4 Å². The SMILES string of the molecule is CC(C)CCN(CCC(F)(F)F)C(=O)NCCCc1ccncc1. The molecule has 0 atom stereocenters. The van der Waals surface area contributed by atoms with Crippen LogP contribution in [0.2, 0.25) is 0 Å². The van der Waals surface area contributed by atoms with Crippen LogP contribution in [0.5, 0.6) is 0 Å². The molecule has 1 heterocycles. The lowest BCUT2D eigenvalue weighted by atomic mass is 10.1. The van der Waals surface area contributed by atoms with Crippen LogP contribution in [0.4, 0.5) is 18.0 Å². The van der Waals surface area contributed by atoms with Gasteiger partial charge in [-0.2, -0.15) is 13.2 Å². The number of hydrogen-bond donors (Lipinski definition) is 1. The van der Waals surface area contributed by atoms with E-state index in [1.807, 2.05) is 26.0 Å². The molecule has 0 fully saturated rings. The van der Waals surface area contributed by atoms with Gasteiger partial charge in [0.1, 0.15) is 0 Å². The van der Waals surface area contributed by atoms with Gasteiger partial charge in [-0.25, -0.2) is 4.79 Å². The van der Waals surface area contributed by atoms with Crippen LogP contribution in [-0.4, -0.2) is 41.7 Å². The fourth-order valence-electron chi connectivity index (χ4n) is 2.14. The molecule has 0 aliphatic carbocycles. The van der Waals surface area contributed by atoms with Crippen molar-refractivity contribution in [2.24, 2.45) is 5.92 Å². The molecule has 0 spiro atoms. The molecule has 7 heteroatoms. The highest BCUT2D eigenvalue weighted by Gasteiger charge is 2.28. The van der Waals surface area contributed by atoms with Gasteiger partial charge in [0, 0.05) is 32.0 Å². The Bertz CT molecular complexity index is 478. The largest absolute Gasteiger partial charge is 0.390 e. The summed E-state index contributed by atoms with van der Waals surface area (Å²) >= 11 is 0. The molecule has 1 rings (SSSR count). The van der Waals surface area contributed by atoms with Crippen LogP contribution in [0.1, 0.15) is 38.7 Å². The quantitative estimate of drug-likeness (QED) is 0.687. The second-order valence-electron chi connectivity index (χ2n) is 6.23. The van der Waals surface area contributed by atoms with Gasteiger partial charge < -0.3 is 10.2 Å². The van der Waals surface area contributed by atoms with E-state index in [-0.39, 0.29) is 6.54 Å². The second-order valence-corrected chi connectivity index (χ2v) is 6.23. The molecule has 1 N–H and O–H groups in total. The van der Waals surface area contributed by atoms with Crippen LogP contribution in [-0.2, 0) is 6.42 Å². The summed E-state index contributed by atoms with van der Waals surface area (Å²) < 4.78 is 37.2. The number of carbonyl (C=O) groups is 1. The highest BCUT2D eigenvalue weighted by Crippen LogP contribution is 2.20. The molecule has 0 aliphatic heterocycles. The number of amides is 2. The van der Waals surface area contributed by atoms with Crippen molar-refractivity contribution in [2.75, 3.05) is 19.6 Å². The van der Waals surface area contributed by atoms with Crippen molar-refractivity contribution in [2.45, 2.75) is 45.7 Å². The maximum atomic E-state index is 12.4. The van der Waals surface area contributed by atoms with Gasteiger partial charge in [-0.3, -0.25) is 4.98 Å². The van der Waals surface area contributed by atoms with Gasteiger partial charge in [0.15, 0.2) is 0 Å². The molecular formula is C17H26F3N3O. The third-order valence-corrected chi connectivity index (χ3v) is 3.60. The van der Waals surface area contributed by atoms with E-state index < -0.39 is 18.6 Å². The molecule has 1 aromatic heterocycles. The summed E-state index contributed by atoms with van der Waals surface area (Å²) in [5.41, 5.74) is 1.12. The number of rotatable bonds is 9. The molecule has 136 valence electrons. The van der Waals surface area contributed by atoms with E-state index >= 15 is 0 Å². The number of carbonyl (C=O) groups excluding carboxylic acids is 1. The Kier molecular flexibility index (Phi) is 8.57. The van der Waals surface area contributed by atoms with Gasteiger partial charge >= 0.3 is 12.2 Å². The predicted octanol–water partition coefficient (Wildman–Crippen LogP) is 4.02. The van der Waals surface area contributed by atoms with E-state index in [4.69, 9.17) is 0 Å². The Morgan fingerprint density at radius 1 is 1.25 bits per heavy atom. The number of nitrogens with one attached hydrogen (secondary N) is 1. The zero-order valence-corrected chi connectivity index (χ0v) is 14.3. The lowest BCUT2D eigenvalue weighted by Gasteiger charge is -2.24. The molecule has 0 unspecified atom stereocenters. The summed E-state index contributed by atoms with van der Waals surface area (Å²) in [4.78, 5) is 17.3. The number of pyridine rings is 1. The first kappa shape index (κ1) is 20.3. The minimum Gasteiger partial charge on any atom is -0.338 e. The third-order valence-electron chi connectivity index (χ3n) is 3.60. The van der Waals surface area contributed by atoms with Gasteiger partial charge in [-0.15, -0.1) is 0 Å². The summed E-state index contributed by atoms with van der Waals surface area (Å²) in [6, 6.07) is 3.38. The number of nitrogens with zero attached hydrogens (tertiary/aromatic N) is 2. The first-order valence-electron chi connectivity index (χ1n) is 8.26. The lowest BCUT2D eigenvalue weighted by molar-refractivity contribution is -0.136. The summed E-state index contributed by atoms with van der Waals surface area (Å²) in [5, 5.41) is 2.72. The van der Waals surface area contributed by atoms with E-state index in [9.17, 15) is 18.0 Å². The molecule has 0 saturated carbocycles. The average molecular weight is 345 g/mol. The topological polar surface area (TPSA) is 45.2 Å². The first-order valence-corrected chi connectivity index (χ1v) is 8.26. The number of aromatic nitrogens is 1. The number of halogens is 3. The molecule has 24 heavy (non-hydrogen) atoms. The van der Waals surface area contributed by atoms with Crippen LogP contribution < -0.4 is 5.32 Å². The van der Waals surface area contributed by atoms with Gasteiger partial charge in [0.25, 0.3) is 0 Å². The van der Waals surface area contributed by atoms with E-state index in [1.54, 1.807) is 12.4 Å². The summed E-state index contributed by atoms with van der Waals surface area (Å²) in [7, 11) is 0. The maximum Gasteiger partial charge on any atom is 0.390 e. The van der Waals surface area contributed by atoms with Crippen LogP contribution in [0.25, 0.3) is 0 Å². The molecule has 0 radical (unpaired) electrons. The summed E-state index contributed by atoms with van der Waals surface area (Å²) in [6.45, 7) is 4.44. The number of hydrogen-bond acceptors (Lipinski definition) is 2. The second kappa shape index (κ2) is 10.2.